The summed E-state index contributed by atoms with van der Waals surface area (Å²) in [6.45, 7) is -1.32. The standard InChI is InChI=1S/C16H27F2N3O7/c17-7-6-10(18)9-28-15(26)12(4-5-13(22)23)21-16(27)20-11(14(24)25)3-1-2-8-19/h10-12H,1-9,19H2,(H,22,23)(H,24,25)(H2,20,21,27). The number of alkyl halides is 2. The molecule has 12 heteroatoms. The van der Waals surface area contributed by atoms with Crippen LogP contribution in [0.5, 0.6) is 0 Å². The summed E-state index contributed by atoms with van der Waals surface area (Å²) in [5.41, 5.74) is 5.32. The number of hydrogen-bond donors (Lipinski definition) is 5. The third kappa shape index (κ3) is 12.0. The Labute approximate surface area is 160 Å². The number of aliphatic carboxylic acids is 2. The number of amides is 2. The first-order valence-electron chi connectivity index (χ1n) is 8.79. The lowest BCUT2D eigenvalue weighted by atomic mass is 10.1. The van der Waals surface area contributed by atoms with Crippen molar-refractivity contribution in [2.45, 2.75) is 56.8 Å². The van der Waals surface area contributed by atoms with Crippen molar-refractivity contribution in [2.24, 2.45) is 5.73 Å². The van der Waals surface area contributed by atoms with E-state index in [4.69, 9.17) is 15.9 Å². The number of carbonyl (C=O) groups excluding carboxylic acids is 2. The number of nitrogens with two attached hydrogens (primary N) is 1. The van der Waals surface area contributed by atoms with Crippen LogP contribution in [0, 0.1) is 0 Å². The second kappa shape index (κ2) is 14.5. The highest BCUT2D eigenvalue weighted by atomic mass is 19.1. The minimum atomic E-state index is -1.73. The molecule has 0 saturated heterocycles. The van der Waals surface area contributed by atoms with Crippen molar-refractivity contribution >= 4 is 23.9 Å². The van der Waals surface area contributed by atoms with E-state index >= 15 is 0 Å². The molecule has 10 nitrogen and oxygen atoms in total. The van der Waals surface area contributed by atoms with Crippen LogP contribution in [0.2, 0.25) is 0 Å². The van der Waals surface area contributed by atoms with E-state index in [-0.39, 0.29) is 12.8 Å². The fraction of sp³-hybridized carbons (Fsp3) is 0.750. The summed E-state index contributed by atoms with van der Waals surface area (Å²) >= 11 is 0. The molecular formula is C16H27F2N3O7. The topological polar surface area (TPSA) is 168 Å². The van der Waals surface area contributed by atoms with E-state index in [9.17, 15) is 28.0 Å². The molecule has 28 heavy (non-hydrogen) atoms. The molecule has 3 atom stereocenters. The molecular weight excluding hydrogens is 384 g/mol. The maximum Gasteiger partial charge on any atom is 0.328 e. The van der Waals surface area contributed by atoms with Gasteiger partial charge in [-0.2, -0.15) is 0 Å². The Morgan fingerprint density at radius 1 is 1.00 bits per heavy atom. The van der Waals surface area contributed by atoms with Crippen LogP contribution in [-0.4, -0.2) is 72.2 Å². The normalized spacial score (nSPS) is 13.8. The number of rotatable bonds is 15. The summed E-state index contributed by atoms with van der Waals surface area (Å²) in [4.78, 5) is 45.9. The second-order valence-electron chi connectivity index (χ2n) is 5.98. The SMILES string of the molecule is NCCCCC(NC(=O)NC(CCC(=O)O)C(=O)OCC(F)CCF)C(=O)O. The Kier molecular flexibility index (Phi) is 13.2. The van der Waals surface area contributed by atoms with Gasteiger partial charge in [0.15, 0.2) is 0 Å². The third-order valence-corrected chi connectivity index (χ3v) is 3.62. The first-order chi connectivity index (χ1) is 13.2. The van der Waals surface area contributed by atoms with Crippen molar-refractivity contribution in [1.29, 1.82) is 0 Å². The molecule has 0 aromatic rings. The summed E-state index contributed by atoms with van der Waals surface area (Å²) in [5.74, 6) is -3.64. The number of nitrogens with one attached hydrogen (secondary N) is 2. The number of carboxylic acid groups (broad SMARTS) is 2. The Morgan fingerprint density at radius 2 is 1.64 bits per heavy atom. The average molecular weight is 411 g/mol. The second-order valence-corrected chi connectivity index (χ2v) is 5.98. The highest BCUT2D eigenvalue weighted by molar-refractivity contribution is 5.86. The van der Waals surface area contributed by atoms with Gasteiger partial charge < -0.3 is 31.3 Å². The lowest BCUT2D eigenvalue weighted by Gasteiger charge is -2.20. The van der Waals surface area contributed by atoms with E-state index in [1.807, 2.05) is 0 Å². The van der Waals surface area contributed by atoms with Crippen molar-refractivity contribution in [2.75, 3.05) is 19.8 Å². The number of carboxylic acids is 2. The number of esters is 1. The molecule has 0 heterocycles. The van der Waals surface area contributed by atoms with Crippen LogP contribution in [0.3, 0.4) is 0 Å². The lowest BCUT2D eigenvalue weighted by molar-refractivity contribution is -0.148. The summed E-state index contributed by atoms with van der Waals surface area (Å²) in [7, 11) is 0. The highest BCUT2D eigenvalue weighted by Crippen LogP contribution is 2.05. The molecule has 0 aromatic heterocycles. The van der Waals surface area contributed by atoms with Gasteiger partial charge in [-0.1, -0.05) is 0 Å². The van der Waals surface area contributed by atoms with Gasteiger partial charge in [-0.25, -0.2) is 18.8 Å². The quantitative estimate of drug-likeness (QED) is 0.190. The van der Waals surface area contributed by atoms with Crippen LogP contribution >= 0.6 is 0 Å². The van der Waals surface area contributed by atoms with E-state index in [0.717, 1.165) is 0 Å². The number of hydrogen-bond acceptors (Lipinski definition) is 6. The van der Waals surface area contributed by atoms with Gasteiger partial charge in [0.05, 0.1) is 6.67 Å². The van der Waals surface area contributed by atoms with Crippen molar-refractivity contribution < 1.29 is 42.9 Å². The molecule has 6 N–H and O–H groups in total. The maximum atomic E-state index is 13.2. The summed E-state index contributed by atoms with van der Waals surface area (Å²) < 4.78 is 29.9. The van der Waals surface area contributed by atoms with Crippen LogP contribution in [0.15, 0.2) is 0 Å². The van der Waals surface area contributed by atoms with Gasteiger partial charge in [0, 0.05) is 12.8 Å². The van der Waals surface area contributed by atoms with Crippen LogP contribution in [0.1, 0.15) is 38.5 Å². The van der Waals surface area contributed by atoms with E-state index < -0.39 is 68.3 Å². The van der Waals surface area contributed by atoms with Crippen LogP contribution < -0.4 is 16.4 Å². The summed E-state index contributed by atoms with van der Waals surface area (Å²) in [5, 5.41) is 22.2. The number of carbonyl (C=O) groups is 4. The predicted octanol–water partition coefficient (Wildman–Crippen LogP) is 0.342. The van der Waals surface area contributed by atoms with E-state index in [0.29, 0.717) is 19.4 Å². The number of unbranched alkanes of at least 4 members (excludes halogenated alkanes) is 1. The first kappa shape index (κ1) is 25.5. The number of ether oxygens (including phenoxy) is 1. The summed E-state index contributed by atoms with van der Waals surface area (Å²) in [6.07, 6.45) is -1.94. The number of urea groups is 1. The van der Waals surface area contributed by atoms with Crippen molar-refractivity contribution in [3.8, 4) is 0 Å². The molecule has 3 unspecified atom stereocenters. The molecule has 0 rings (SSSR count). The van der Waals surface area contributed by atoms with E-state index in [1.54, 1.807) is 0 Å². The Balaban J connectivity index is 4.80. The maximum absolute atomic E-state index is 13.2. The van der Waals surface area contributed by atoms with Gasteiger partial charge >= 0.3 is 23.9 Å². The first-order valence-corrected chi connectivity index (χ1v) is 8.79. The Hall–Kier alpha value is -2.50. The van der Waals surface area contributed by atoms with Crippen molar-refractivity contribution in [3.63, 3.8) is 0 Å². The minimum absolute atomic E-state index is 0.108. The van der Waals surface area contributed by atoms with E-state index in [1.165, 1.54) is 0 Å². The lowest BCUT2D eigenvalue weighted by Crippen LogP contribution is -2.51. The molecule has 0 spiro atoms. The molecule has 0 radical (unpaired) electrons. The van der Waals surface area contributed by atoms with Gasteiger partial charge in [0.1, 0.15) is 24.9 Å². The zero-order valence-corrected chi connectivity index (χ0v) is 15.4. The van der Waals surface area contributed by atoms with Gasteiger partial charge in [-0.3, -0.25) is 9.18 Å². The van der Waals surface area contributed by atoms with Gasteiger partial charge in [0.2, 0.25) is 0 Å². The molecule has 0 aliphatic carbocycles. The Bertz CT molecular complexity index is 522. The van der Waals surface area contributed by atoms with E-state index in [2.05, 4.69) is 15.4 Å². The van der Waals surface area contributed by atoms with Crippen molar-refractivity contribution in [3.05, 3.63) is 0 Å². The fourth-order valence-electron chi connectivity index (χ4n) is 2.10. The molecule has 0 aliphatic heterocycles. The zero-order chi connectivity index (χ0) is 21.5. The molecule has 162 valence electrons. The molecule has 0 aliphatic rings. The van der Waals surface area contributed by atoms with Gasteiger partial charge in [-0.15, -0.1) is 0 Å². The van der Waals surface area contributed by atoms with Crippen LogP contribution in [0.25, 0.3) is 0 Å². The van der Waals surface area contributed by atoms with Crippen LogP contribution in [0.4, 0.5) is 13.6 Å². The molecule has 0 aromatic carbocycles. The van der Waals surface area contributed by atoms with Crippen molar-refractivity contribution in [1.82, 2.24) is 10.6 Å². The molecule has 0 bridgehead atoms. The zero-order valence-electron chi connectivity index (χ0n) is 15.4. The highest BCUT2D eigenvalue weighted by Gasteiger charge is 2.26. The fourth-order valence-corrected chi connectivity index (χ4v) is 2.10. The smallest absolute Gasteiger partial charge is 0.328 e. The largest absolute Gasteiger partial charge is 0.481 e. The van der Waals surface area contributed by atoms with Gasteiger partial charge in [-0.05, 0) is 32.2 Å². The van der Waals surface area contributed by atoms with Crippen LogP contribution in [-0.2, 0) is 19.1 Å². The average Bonchev–Trinajstić information content (AvgIpc) is 2.62. The Morgan fingerprint density at radius 3 is 2.18 bits per heavy atom. The molecule has 0 fully saturated rings. The summed E-state index contributed by atoms with van der Waals surface area (Å²) in [6, 6.07) is -3.69. The minimum Gasteiger partial charge on any atom is -0.481 e. The third-order valence-electron chi connectivity index (χ3n) is 3.62. The molecule has 2 amide bonds. The number of halogens is 2. The molecule has 0 saturated carbocycles. The van der Waals surface area contributed by atoms with Gasteiger partial charge in [0.25, 0.3) is 0 Å². The monoisotopic (exact) mass is 411 g/mol. The predicted molar refractivity (Wildman–Crippen MR) is 93.1 cm³/mol.